The van der Waals surface area contributed by atoms with Crippen LogP contribution in [0.2, 0.25) is 5.02 Å². The van der Waals surface area contributed by atoms with Crippen molar-refractivity contribution in [3.63, 3.8) is 0 Å². The van der Waals surface area contributed by atoms with Crippen molar-refractivity contribution in [3.8, 4) is 0 Å². The monoisotopic (exact) mass is 360 g/mol. The van der Waals surface area contributed by atoms with E-state index < -0.39 is 5.76 Å². The number of hydrogen-bond donors (Lipinski definition) is 1. The largest absolute Gasteiger partial charge is 0.420 e. The fourth-order valence-electron chi connectivity index (χ4n) is 2.63. The lowest BCUT2D eigenvalue weighted by atomic mass is 10.1. The molecule has 3 aromatic rings. The van der Waals surface area contributed by atoms with Gasteiger partial charge in [-0.1, -0.05) is 41.9 Å². The van der Waals surface area contributed by atoms with Gasteiger partial charge in [-0.3, -0.25) is 9.36 Å². The van der Waals surface area contributed by atoms with Gasteiger partial charge in [-0.05, 0) is 18.2 Å². The molecule has 7 heteroatoms. The first-order chi connectivity index (χ1) is 12.1. The second-order valence-electron chi connectivity index (χ2n) is 5.47. The van der Waals surface area contributed by atoms with E-state index in [0.29, 0.717) is 16.1 Å². The van der Waals surface area contributed by atoms with E-state index in [9.17, 15) is 9.59 Å². The maximum atomic E-state index is 12.2. The van der Waals surface area contributed by atoms with E-state index in [1.165, 1.54) is 4.57 Å². The van der Waals surface area contributed by atoms with E-state index in [2.05, 4.69) is 5.32 Å². The number of nitrogens with one attached hydrogen (secondary N) is 1. The van der Waals surface area contributed by atoms with Crippen molar-refractivity contribution in [2.24, 2.45) is 0 Å². The Morgan fingerprint density at radius 2 is 1.96 bits per heavy atom. The Morgan fingerprint density at radius 1 is 1.24 bits per heavy atom. The van der Waals surface area contributed by atoms with Crippen LogP contribution in [-0.4, -0.2) is 24.1 Å². The topological polar surface area (TPSA) is 73.5 Å². The number of hydrogen-bond acceptors (Lipinski definition) is 4. The van der Waals surface area contributed by atoms with E-state index >= 15 is 0 Å². The molecule has 1 unspecified atom stereocenters. The molecule has 0 saturated carbocycles. The van der Waals surface area contributed by atoms with Crippen molar-refractivity contribution >= 4 is 28.6 Å². The Balaban J connectivity index is 1.69. The summed E-state index contributed by atoms with van der Waals surface area (Å²) >= 11 is 6.16. The number of amides is 1. The van der Waals surface area contributed by atoms with E-state index in [4.69, 9.17) is 20.8 Å². The first-order valence-electron chi connectivity index (χ1n) is 7.72. The van der Waals surface area contributed by atoms with Crippen molar-refractivity contribution in [1.82, 2.24) is 9.88 Å². The molecule has 0 saturated heterocycles. The number of fused-ring (bicyclic) bond motifs is 1. The maximum Gasteiger partial charge on any atom is 0.420 e. The highest BCUT2D eigenvalue weighted by Crippen LogP contribution is 2.24. The standard InChI is InChI=1S/C18H17ClN2O4/c1-24-16(12-6-2-3-7-13(12)19)10-20-17(22)11-21-14-8-4-5-9-15(14)25-18(21)23/h2-9,16H,10-11H2,1H3,(H,20,22). The number of benzene rings is 2. The van der Waals surface area contributed by atoms with Crippen molar-refractivity contribution in [1.29, 1.82) is 0 Å². The van der Waals surface area contributed by atoms with Gasteiger partial charge >= 0.3 is 5.76 Å². The number of halogens is 1. The molecule has 0 bridgehead atoms. The van der Waals surface area contributed by atoms with Crippen LogP contribution in [0.5, 0.6) is 0 Å². The average molecular weight is 361 g/mol. The highest BCUT2D eigenvalue weighted by atomic mass is 35.5. The first kappa shape index (κ1) is 17.3. The van der Waals surface area contributed by atoms with E-state index in [1.54, 1.807) is 37.4 Å². The van der Waals surface area contributed by atoms with Gasteiger partial charge in [0, 0.05) is 24.2 Å². The summed E-state index contributed by atoms with van der Waals surface area (Å²) in [6.45, 7) is 0.110. The summed E-state index contributed by atoms with van der Waals surface area (Å²) in [6, 6.07) is 14.3. The number of carbonyl (C=O) groups excluding carboxylic acids is 1. The fourth-order valence-corrected chi connectivity index (χ4v) is 2.88. The molecule has 0 aliphatic heterocycles. The zero-order valence-corrected chi connectivity index (χ0v) is 14.3. The molecule has 1 atom stereocenters. The summed E-state index contributed by atoms with van der Waals surface area (Å²) < 4.78 is 11.8. The van der Waals surface area contributed by atoms with Gasteiger partial charge in [0.15, 0.2) is 5.58 Å². The molecule has 0 aliphatic rings. The van der Waals surface area contributed by atoms with E-state index in [1.807, 2.05) is 18.2 Å². The minimum absolute atomic E-state index is 0.130. The summed E-state index contributed by atoms with van der Waals surface area (Å²) in [7, 11) is 1.55. The van der Waals surface area contributed by atoms with Crippen molar-refractivity contribution in [2.75, 3.05) is 13.7 Å². The van der Waals surface area contributed by atoms with Gasteiger partial charge in [0.05, 0.1) is 5.52 Å². The Hall–Kier alpha value is -2.57. The maximum absolute atomic E-state index is 12.2. The van der Waals surface area contributed by atoms with Crippen LogP contribution in [0.1, 0.15) is 11.7 Å². The van der Waals surface area contributed by atoms with E-state index in [-0.39, 0.29) is 25.1 Å². The molecule has 1 aromatic heterocycles. The van der Waals surface area contributed by atoms with Gasteiger partial charge < -0.3 is 14.5 Å². The molecule has 1 heterocycles. The number of aromatic nitrogens is 1. The summed E-state index contributed by atoms with van der Waals surface area (Å²) in [4.78, 5) is 24.2. The predicted octanol–water partition coefficient (Wildman–Crippen LogP) is 2.75. The lowest BCUT2D eigenvalue weighted by Gasteiger charge is -2.17. The first-order valence-corrected chi connectivity index (χ1v) is 8.10. The molecule has 0 radical (unpaired) electrons. The second kappa shape index (κ2) is 7.55. The van der Waals surface area contributed by atoms with Gasteiger partial charge in [0.2, 0.25) is 5.91 Å². The lowest BCUT2D eigenvalue weighted by molar-refractivity contribution is -0.122. The highest BCUT2D eigenvalue weighted by molar-refractivity contribution is 6.31. The predicted molar refractivity (Wildman–Crippen MR) is 94.7 cm³/mol. The third-order valence-electron chi connectivity index (χ3n) is 3.90. The van der Waals surface area contributed by atoms with Gasteiger partial charge in [-0.15, -0.1) is 0 Å². The Morgan fingerprint density at radius 3 is 2.72 bits per heavy atom. The quantitative estimate of drug-likeness (QED) is 0.733. The number of methoxy groups -OCH3 is 1. The third-order valence-corrected chi connectivity index (χ3v) is 4.24. The summed E-state index contributed by atoms with van der Waals surface area (Å²) in [5, 5.41) is 3.34. The van der Waals surface area contributed by atoms with Crippen molar-refractivity contribution in [2.45, 2.75) is 12.6 Å². The molecular formula is C18H17ClN2O4. The molecule has 0 spiro atoms. The third kappa shape index (κ3) is 3.75. The normalized spacial score (nSPS) is 12.2. The van der Waals surface area contributed by atoms with Gasteiger partial charge in [0.1, 0.15) is 12.6 Å². The van der Waals surface area contributed by atoms with Crippen molar-refractivity contribution in [3.05, 3.63) is 69.7 Å². The number of oxazole rings is 1. The SMILES string of the molecule is COC(CNC(=O)Cn1c(=O)oc2ccccc21)c1ccccc1Cl. The van der Waals surface area contributed by atoms with Crippen LogP contribution >= 0.6 is 11.6 Å². The zero-order valence-electron chi connectivity index (χ0n) is 13.6. The Kier molecular flexibility index (Phi) is 5.21. The molecule has 2 aromatic carbocycles. The van der Waals surface area contributed by atoms with Crippen LogP contribution in [0.3, 0.4) is 0 Å². The minimum Gasteiger partial charge on any atom is -0.408 e. The van der Waals surface area contributed by atoms with Crippen molar-refractivity contribution < 1.29 is 13.9 Å². The van der Waals surface area contributed by atoms with Gasteiger partial charge in [0.25, 0.3) is 0 Å². The second-order valence-corrected chi connectivity index (χ2v) is 5.88. The Bertz CT molecular complexity index is 947. The summed E-state index contributed by atoms with van der Waals surface area (Å²) in [5.74, 6) is -0.881. The molecule has 25 heavy (non-hydrogen) atoms. The molecule has 0 aliphatic carbocycles. The van der Waals surface area contributed by atoms with Gasteiger partial charge in [-0.25, -0.2) is 4.79 Å². The van der Waals surface area contributed by atoms with Crippen LogP contribution in [0, 0.1) is 0 Å². The molecule has 130 valence electrons. The van der Waals surface area contributed by atoms with Crippen LogP contribution in [0.25, 0.3) is 11.1 Å². The van der Waals surface area contributed by atoms with Crippen LogP contribution in [-0.2, 0) is 16.1 Å². The molecule has 1 N–H and O–H groups in total. The summed E-state index contributed by atoms with van der Waals surface area (Å²) in [6.07, 6.45) is -0.379. The minimum atomic E-state index is -0.564. The van der Waals surface area contributed by atoms with E-state index in [0.717, 1.165) is 5.56 Å². The smallest absolute Gasteiger partial charge is 0.408 e. The number of para-hydroxylation sites is 2. The number of rotatable bonds is 6. The van der Waals surface area contributed by atoms with Gasteiger partial charge in [-0.2, -0.15) is 0 Å². The molecular weight excluding hydrogens is 344 g/mol. The number of nitrogens with zero attached hydrogens (tertiary/aromatic N) is 1. The fraction of sp³-hybridized carbons (Fsp3) is 0.222. The lowest BCUT2D eigenvalue weighted by Crippen LogP contribution is -2.34. The van der Waals surface area contributed by atoms with Crippen LogP contribution in [0.4, 0.5) is 0 Å². The zero-order chi connectivity index (χ0) is 17.8. The number of ether oxygens (including phenoxy) is 1. The highest BCUT2D eigenvalue weighted by Gasteiger charge is 2.16. The molecule has 1 amide bonds. The molecule has 6 nitrogen and oxygen atoms in total. The number of carbonyl (C=O) groups is 1. The summed E-state index contributed by atoms with van der Waals surface area (Å²) in [5.41, 5.74) is 1.82. The Labute approximate surface area is 149 Å². The average Bonchev–Trinajstić information content (AvgIpc) is 2.92. The molecule has 0 fully saturated rings. The van der Waals surface area contributed by atoms with Crippen LogP contribution in [0.15, 0.2) is 57.7 Å². The van der Waals surface area contributed by atoms with Crippen LogP contribution < -0.4 is 11.1 Å². The molecule has 3 rings (SSSR count).